The lowest BCUT2D eigenvalue weighted by molar-refractivity contribution is -0.137. The van der Waals surface area contributed by atoms with E-state index in [1.54, 1.807) is 29.0 Å². The van der Waals surface area contributed by atoms with Gasteiger partial charge < -0.3 is 0 Å². The second-order valence-electron chi connectivity index (χ2n) is 8.01. The topological polar surface area (TPSA) is 115 Å². The second kappa shape index (κ2) is 9.43. The van der Waals surface area contributed by atoms with Crippen molar-refractivity contribution in [3.63, 3.8) is 0 Å². The molecule has 0 radical (unpaired) electrons. The number of hydrogen-bond acceptors (Lipinski definition) is 7. The molecule has 0 unspecified atom stereocenters. The first kappa shape index (κ1) is 26.6. The number of aromatic nitrogens is 2. The molecule has 0 fully saturated rings. The summed E-state index contributed by atoms with van der Waals surface area (Å²) in [6.07, 6.45) is -2.90. The molecule has 0 aliphatic rings. The highest BCUT2D eigenvalue weighted by Gasteiger charge is 2.35. The number of halogens is 3. The van der Waals surface area contributed by atoms with Gasteiger partial charge in [-0.2, -0.15) is 18.3 Å². The van der Waals surface area contributed by atoms with Gasteiger partial charge in [0.2, 0.25) is 10.0 Å². The largest absolute Gasteiger partial charge is 0.418 e. The van der Waals surface area contributed by atoms with Gasteiger partial charge in [-0.25, -0.2) is 26.2 Å². The molecule has 2 heterocycles. The summed E-state index contributed by atoms with van der Waals surface area (Å²) in [4.78, 5) is 13.6. The third-order valence-electron chi connectivity index (χ3n) is 5.06. The smallest absolute Gasteiger partial charge is 0.266 e. The van der Waals surface area contributed by atoms with Gasteiger partial charge in [-0.15, -0.1) is 11.3 Å². The number of rotatable bonds is 6. The number of hydrogen-bond donors (Lipinski definition) is 1. The number of sulfone groups is 1. The summed E-state index contributed by atoms with van der Waals surface area (Å²) in [5, 5.41) is 4.01. The van der Waals surface area contributed by atoms with Gasteiger partial charge in [-0.1, -0.05) is 24.3 Å². The standard InChI is InChI=1S/C23H18F3N3O5S3/c1-36(31,32)15-7-5-6-14(12-15)20-10-11-21(35-20)19-13-17(22(30)28-37(2,33)34)27-29(19)18-9-4-3-8-16(18)23(24,25)26/h3-13H,1-2H3,(H,28,30). The number of nitrogens with one attached hydrogen (secondary N) is 1. The number of nitrogens with zero attached hydrogens (tertiary/aromatic N) is 2. The van der Waals surface area contributed by atoms with Crippen LogP contribution in [-0.4, -0.2) is 45.0 Å². The van der Waals surface area contributed by atoms with Crippen LogP contribution >= 0.6 is 11.3 Å². The normalized spacial score (nSPS) is 12.5. The van der Waals surface area contributed by atoms with Gasteiger partial charge in [0.25, 0.3) is 5.91 Å². The zero-order valence-corrected chi connectivity index (χ0v) is 21.6. The van der Waals surface area contributed by atoms with Crippen molar-refractivity contribution in [2.75, 3.05) is 12.5 Å². The fourth-order valence-electron chi connectivity index (χ4n) is 3.48. The number of alkyl halides is 3. The summed E-state index contributed by atoms with van der Waals surface area (Å²) >= 11 is 1.13. The Kier molecular flexibility index (Phi) is 6.77. The van der Waals surface area contributed by atoms with Crippen LogP contribution < -0.4 is 4.72 Å². The van der Waals surface area contributed by atoms with E-state index in [1.165, 1.54) is 36.4 Å². The maximum absolute atomic E-state index is 13.8. The number of benzene rings is 2. The predicted molar refractivity (Wildman–Crippen MR) is 133 cm³/mol. The zero-order valence-electron chi connectivity index (χ0n) is 19.1. The SMILES string of the molecule is CS(=O)(=O)NC(=O)c1cc(-c2ccc(-c3cccc(S(C)(=O)=O)c3)s2)n(-c2ccccc2C(F)(F)F)n1. The fraction of sp³-hybridized carbons (Fsp3) is 0.130. The molecular weight excluding hydrogens is 551 g/mol. The first-order valence-electron chi connectivity index (χ1n) is 10.3. The molecule has 2 aromatic carbocycles. The molecule has 4 aromatic rings. The average Bonchev–Trinajstić information content (AvgIpc) is 3.44. The van der Waals surface area contributed by atoms with Crippen LogP contribution in [0.5, 0.6) is 0 Å². The van der Waals surface area contributed by atoms with E-state index in [0.717, 1.165) is 34.6 Å². The monoisotopic (exact) mass is 569 g/mol. The summed E-state index contributed by atoms with van der Waals surface area (Å²) in [5.74, 6) is -1.11. The average molecular weight is 570 g/mol. The van der Waals surface area contributed by atoms with Crippen molar-refractivity contribution in [1.29, 1.82) is 0 Å². The van der Waals surface area contributed by atoms with Crippen molar-refractivity contribution >= 4 is 37.1 Å². The van der Waals surface area contributed by atoms with E-state index in [2.05, 4.69) is 5.10 Å². The lowest BCUT2D eigenvalue weighted by atomic mass is 10.1. The number of carbonyl (C=O) groups is 1. The lowest BCUT2D eigenvalue weighted by Gasteiger charge is -2.14. The molecule has 0 saturated carbocycles. The van der Waals surface area contributed by atoms with Gasteiger partial charge in [-0.05, 0) is 48.0 Å². The van der Waals surface area contributed by atoms with Crippen LogP contribution in [0.1, 0.15) is 16.1 Å². The Labute approximate surface area is 214 Å². The highest BCUT2D eigenvalue weighted by Crippen LogP contribution is 2.39. The summed E-state index contributed by atoms with van der Waals surface area (Å²) in [5.41, 5.74) is -1.11. The maximum atomic E-state index is 13.8. The van der Waals surface area contributed by atoms with Gasteiger partial charge in [0, 0.05) is 11.1 Å². The van der Waals surface area contributed by atoms with Crippen LogP contribution in [0.4, 0.5) is 13.2 Å². The van der Waals surface area contributed by atoms with Crippen LogP contribution in [0.15, 0.2) is 71.6 Å². The molecule has 0 atom stereocenters. The maximum Gasteiger partial charge on any atom is 0.418 e. The molecule has 1 amide bonds. The van der Waals surface area contributed by atoms with E-state index in [9.17, 15) is 34.8 Å². The molecule has 1 N–H and O–H groups in total. The quantitative estimate of drug-likeness (QED) is 0.369. The Morgan fingerprint density at radius 1 is 0.919 bits per heavy atom. The third kappa shape index (κ3) is 5.92. The fourth-order valence-corrected chi connectivity index (χ4v) is 5.59. The minimum atomic E-state index is -4.73. The molecule has 0 bridgehead atoms. The van der Waals surface area contributed by atoms with Crippen molar-refractivity contribution in [2.24, 2.45) is 0 Å². The molecule has 2 aromatic heterocycles. The van der Waals surface area contributed by atoms with Crippen LogP contribution in [0.25, 0.3) is 26.7 Å². The molecule has 4 rings (SSSR count). The van der Waals surface area contributed by atoms with Gasteiger partial charge >= 0.3 is 6.18 Å². The summed E-state index contributed by atoms with van der Waals surface area (Å²) in [7, 11) is -7.43. The Morgan fingerprint density at radius 3 is 2.24 bits per heavy atom. The van der Waals surface area contributed by atoms with E-state index in [0.29, 0.717) is 15.3 Å². The highest BCUT2D eigenvalue weighted by atomic mass is 32.2. The van der Waals surface area contributed by atoms with E-state index in [-0.39, 0.29) is 16.3 Å². The Morgan fingerprint density at radius 2 is 1.59 bits per heavy atom. The molecule has 8 nitrogen and oxygen atoms in total. The molecule has 0 aliphatic heterocycles. The molecule has 37 heavy (non-hydrogen) atoms. The predicted octanol–water partition coefficient (Wildman–Crippen LogP) is 4.38. The lowest BCUT2D eigenvalue weighted by Crippen LogP contribution is -2.29. The second-order valence-corrected chi connectivity index (χ2v) is 12.9. The number of amides is 1. The minimum Gasteiger partial charge on any atom is -0.266 e. The van der Waals surface area contributed by atoms with E-state index >= 15 is 0 Å². The van der Waals surface area contributed by atoms with E-state index in [4.69, 9.17) is 0 Å². The van der Waals surface area contributed by atoms with Crippen molar-refractivity contribution in [3.8, 4) is 26.7 Å². The van der Waals surface area contributed by atoms with Gasteiger partial charge in [0.1, 0.15) is 0 Å². The number of carbonyl (C=O) groups excluding carboxylic acids is 1. The van der Waals surface area contributed by atoms with Crippen molar-refractivity contribution in [3.05, 3.63) is 78.0 Å². The molecule has 194 valence electrons. The number of thiophene rings is 1. The van der Waals surface area contributed by atoms with Crippen molar-refractivity contribution in [1.82, 2.24) is 14.5 Å². The molecular formula is C23H18F3N3O5S3. The molecule has 0 spiro atoms. The van der Waals surface area contributed by atoms with Crippen LogP contribution in [-0.2, 0) is 26.0 Å². The third-order valence-corrected chi connectivity index (χ3v) is 7.89. The highest BCUT2D eigenvalue weighted by molar-refractivity contribution is 7.90. The molecule has 0 aliphatic carbocycles. The van der Waals surface area contributed by atoms with E-state index < -0.39 is 43.2 Å². The van der Waals surface area contributed by atoms with Crippen LogP contribution in [0.3, 0.4) is 0 Å². The van der Waals surface area contributed by atoms with Crippen molar-refractivity contribution in [2.45, 2.75) is 11.1 Å². The first-order chi connectivity index (χ1) is 17.1. The first-order valence-corrected chi connectivity index (χ1v) is 14.9. The number of para-hydroxylation sites is 1. The minimum absolute atomic E-state index is 0.101. The zero-order chi connectivity index (χ0) is 27.2. The Hall–Kier alpha value is -3.49. The Balaban J connectivity index is 1.88. The van der Waals surface area contributed by atoms with Crippen LogP contribution in [0, 0.1) is 0 Å². The Bertz CT molecular complexity index is 1720. The molecule has 0 saturated heterocycles. The summed E-state index contributed by atoms with van der Waals surface area (Å²) < 4.78 is 91.0. The van der Waals surface area contributed by atoms with Gasteiger partial charge in [0.15, 0.2) is 15.5 Å². The summed E-state index contributed by atoms with van der Waals surface area (Å²) in [6.45, 7) is 0. The van der Waals surface area contributed by atoms with Gasteiger partial charge in [-0.3, -0.25) is 4.79 Å². The molecule has 14 heteroatoms. The van der Waals surface area contributed by atoms with Gasteiger partial charge in [0.05, 0.1) is 33.0 Å². The summed E-state index contributed by atoms with van der Waals surface area (Å²) in [6, 6.07) is 15.3. The van der Waals surface area contributed by atoms with Crippen molar-refractivity contribution < 1.29 is 34.8 Å². The van der Waals surface area contributed by atoms with Crippen LogP contribution in [0.2, 0.25) is 0 Å². The van der Waals surface area contributed by atoms with E-state index in [1.807, 2.05) is 0 Å². The number of sulfonamides is 1.